The third-order valence-corrected chi connectivity index (χ3v) is 5.01. The van der Waals surface area contributed by atoms with E-state index in [0.29, 0.717) is 25.1 Å². The van der Waals surface area contributed by atoms with Crippen LogP contribution in [0.3, 0.4) is 0 Å². The van der Waals surface area contributed by atoms with Crippen LogP contribution in [0, 0.1) is 13.8 Å². The van der Waals surface area contributed by atoms with Gasteiger partial charge in [-0.15, -0.1) is 13.2 Å². The molecule has 0 spiro atoms. The zero-order valence-electron chi connectivity index (χ0n) is 16.6. The number of amides is 2. The summed E-state index contributed by atoms with van der Waals surface area (Å²) in [6, 6.07) is 15.5. The lowest BCUT2D eigenvalue weighted by molar-refractivity contribution is -0.136. The van der Waals surface area contributed by atoms with Gasteiger partial charge in [-0.25, -0.2) is 0 Å². The Bertz CT molecular complexity index is 846. The van der Waals surface area contributed by atoms with E-state index in [-0.39, 0.29) is 5.41 Å². The van der Waals surface area contributed by atoms with Gasteiger partial charge in [0.15, 0.2) is 0 Å². The van der Waals surface area contributed by atoms with Crippen LogP contribution in [0.15, 0.2) is 73.8 Å². The molecule has 0 saturated heterocycles. The van der Waals surface area contributed by atoms with E-state index >= 15 is 0 Å². The lowest BCUT2D eigenvalue weighted by atomic mass is 9.74. The number of aryl methyl sites for hydroxylation is 2. The summed E-state index contributed by atoms with van der Waals surface area (Å²) >= 11 is 0. The van der Waals surface area contributed by atoms with Gasteiger partial charge in [-0.1, -0.05) is 48.6 Å². The molecule has 0 radical (unpaired) electrons. The number of carbonyl (C=O) groups is 2. The zero-order chi connectivity index (χ0) is 20.6. The molecule has 2 N–H and O–H groups in total. The average Bonchev–Trinajstić information content (AvgIpc) is 2.69. The minimum absolute atomic E-state index is 0.314. The van der Waals surface area contributed by atoms with Gasteiger partial charge in [0.05, 0.1) is 0 Å². The summed E-state index contributed by atoms with van der Waals surface area (Å²) in [7, 11) is 0. The Morgan fingerprint density at radius 1 is 0.929 bits per heavy atom. The topological polar surface area (TPSA) is 58.2 Å². The predicted molar refractivity (Wildman–Crippen MR) is 115 cm³/mol. The van der Waals surface area contributed by atoms with Crippen molar-refractivity contribution < 1.29 is 9.59 Å². The Balaban J connectivity index is 2.11. The van der Waals surface area contributed by atoms with Gasteiger partial charge in [-0.3, -0.25) is 9.59 Å². The number of hydrogen-bond donors (Lipinski definition) is 2. The van der Waals surface area contributed by atoms with Crippen LogP contribution < -0.4 is 10.6 Å². The molecule has 0 aliphatic heterocycles. The number of nitrogens with one attached hydrogen (secondary N) is 2. The molecule has 0 aromatic heterocycles. The van der Waals surface area contributed by atoms with Gasteiger partial charge in [-0.05, 0) is 55.5 Å². The molecule has 0 aliphatic rings. The van der Waals surface area contributed by atoms with Crippen molar-refractivity contribution in [2.75, 3.05) is 11.9 Å². The molecule has 28 heavy (non-hydrogen) atoms. The molecular weight excluding hydrogens is 348 g/mol. The zero-order valence-corrected chi connectivity index (χ0v) is 16.6. The minimum Gasteiger partial charge on any atom is -0.347 e. The highest BCUT2D eigenvalue weighted by Gasteiger charge is 2.31. The molecule has 0 fully saturated rings. The highest BCUT2D eigenvalue weighted by Crippen LogP contribution is 2.32. The van der Waals surface area contributed by atoms with Crippen molar-refractivity contribution in [2.24, 2.45) is 0 Å². The predicted octanol–water partition coefficient (Wildman–Crippen LogP) is 4.45. The maximum atomic E-state index is 12.4. The smallest absolute Gasteiger partial charge is 0.313 e. The van der Waals surface area contributed by atoms with Crippen molar-refractivity contribution in [3.05, 3.63) is 90.5 Å². The largest absolute Gasteiger partial charge is 0.347 e. The van der Waals surface area contributed by atoms with Crippen LogP contribution in [-0.2, 0) is 15.0 Å². The second-order valence-corrected chi connectivity index (χ2v) is 7.07. The fraction of sp³-hybridized carbons (Fsp3) is 0.250. The molecule has 2 amide bonds. The Kier molecular flexibility index (Phi) is 7.33. The van der Waals surface area contributed by atoms with Crippen molar-refractivity contribution in [1.29, 1.82) is 0 Å². The summed E-state index contributed by atoms with van der Waals surface area (Å²) in [5.41, 5.74) is 3.47. The van der Waals surface area contributed by atoms with Gasteiger partial charge in [0.1, 0.15) is 0 Å². The molecule has 0 heterocycles. The van der Waals surface area contributed by atoms with Crippen LogP contribution in [0.25, 0.3) is 0 Å². The highest BCUT2D eigenvalue weighted by atomic mass is 16.2. The van der Waals surface area contributed by atoms with E-state index in [1.165, 1.54) is 0 Å². The first kappa shape index (κ1) is 21.2. The third kappa shape index (κ3) is 5.19. The number of allylic oxidation sites excluding steroid dienone is 2. The number of carbonyl (C=O) groups excluding carboxylic acids is 2. The van der Waals surface area contributed by atoms with E-state index < -0.39 is 11.8 Å². The molecule has 0 saturated carbocycles. The third-order valence-electron chi connectivity index (χ3n) is 5.01. The molecule has 0 unspecified atom stereocenters. The average molecular weight is 377 g/mol. The van der Waals surface area contributed by atoms with E-state index in [4.69, 9.17) is 0 Å². The van der Waals surface area contributed by atoms with E-state index in [0.717, 1.165) is 16.7 Å². The Morgan fingerprint density at radius 3 is 2.14 bits per heavy atom. The molecule has 2 aromatic carbocycles. The van der Waals surface area contributed by atoms with Gasteiger partial charge in [0.25, 0.3) is 0 Å². The lowest BCUT2D eigenvalue weighted by Gasteiger charge is -2.33. The molecule has 0 bridgehead atoms. The Hall–Kier alpha value is -3.14. The van der Waals surface area contributed by atoms with Crippen LogP contribution in [-0.4, -0.2) is 18.4 Å². The van der Waals surface area contributed by atoms with Crippen molar-refractivity contribution in [3.8, 4) is 0 Å². The molecule has 4 heteroatoms. The van der Waals surface area contributed by atoms with Crippen LogP contribution >= 0.6 is 0 Å². The van der Waals surface area contributed by atoms with E-state index in [1.54, 1.807) is 6.07 Å². The van der Waals surface area contributed by atoms with Gasteiger partial charge in [-0.2, -0.15) is 0 Å². The number of hydrogen-bond acceptors (Lipinski definition) is 2. The summed E-state index contributed by atoms with van der Waals surface area (Å²) < 4.78 is 0. The maximum Gasteiger partial charge on any atom is 0.313 e. The second kappa shape index (κ2) is 9.70. The van der Waals surface area contributed by atoms with Gasteiger partial charge < -0.3 is 10.6 Å². The van der Waals surface area contributed by atoms with Crippen LogP contribution in [0.2, 0.25) is 0 Å². The van der Waals surface area contributed by atoms with Crippen molar-refractivity contribution in [2.45, 2.75) is 32.1 Å². The number of anilines is 1. The second-order valence-electron chi connectivity index (χ2n) is 7.07. The van der Waals surface area contributed by atoms with E-state index in [9.17, 15) is 9.59 Å². The van der Waals surface area contributed by atoms with Crippen molar-refractivity contribution in [3.63, 3.8) is 0 Å². The van der Waals surface area contributed by atoms with Gasteiger partial charge >= 0.3 is 11.8 Å². The molecule has 4 nitrogen and oxygen atoms in total. The van der Waals surface area contributed by atoms with Crippen LogP contribution in [0.5, 0.6) is 0 Å². The van der Waals surface area contributed by atoms with Crippen molar-refractivity contribution in [1.82, 2.24) is 5.32 Å². The fourth-order valence-electron chi connectivity index (χ4n) is 3.25. The summed E-state index contributed by atoms with van der Waals surface area (Å²) in [6.45, 7) is 12.0. The highest BCUT2D eigenvalue weighted by molar-refractivity contribution is 6.39. The maximum absolute atomic E-state index is 12.4. The Morgan fingerprint density at radius 2 is 1.57 bits per heavy atom. The first-order valence-corrected chi connectivity index (χ1v) is 9.35. The summed E-state index contributed by atoms with van der Waals surface area (Å²) in [5.74, 6) is -1.34. The number of rotatable bonds is 8. The van der Waals surface area contributed by atoms with E-state index in [1.807, 2.05) is 68.5 Å². The lowest BCUT2D eigenvalue weighted by Crippen LogP contribution is -2.44. The van der Waals surface area contributed by atoms with Crippen LogP contribution in [0.1, 0.15) is 29.5 Å². The van der Waals surface area contributed by atoms with E-state index in [2.05, 4.69) is 23.8 Å². The van der Waals surface area contributed by atoms with Gasteiger partial charge in [0, 0.05) is 17.6 Å². The molecule has 2 rings (SSSR count). The first-order chi connectivity index (χ1) is 13.4. The molecule has 146 valence electrons. The monoisotopic (exact) mass is 376 g/mol. The summed E-state index contributed by atoms with van der Waals surface area (Å²) in [4.78, 5) is 24.7. The van der Waals surface area contributed by atoms with Crippen LogP contribution in [0.4, 0.5) is 5.69 Å². The van der Waals surface area contributed by atoms with Gasteiger partial charge in [0.2, 0.25) is 0 Å². The normalized spacial score (nSPS) is 10.8. The SMILES string of the molecule is C=CCC(CC=C)(CNC(=O)C(=O)Nc1ccc(C)c(C)c1)c1ccccc1. The standard InChI is InChI=1S/C24H28N2O2/c1-5-14-24(15-6-2,20-10-8-7-9-11-20)17-25-22(27)23(28)26-21-13-12-18(3)19(4)16-21/h5-13,16H,1-2,14-15,17H2,3-4H3,(H,25,27)(H,26,28). The molecule has 2 aromatic rings. The van der Waals surface area contributed by atoms with Crippen molar-refractivity contribution >= 4 is 17.5 Å². The fourth-order valence-corrected chi connectivity index (χ4v) is 3.25. The molecule has 0 aliphatic carbocycles. The molecule has 0 atom stereocenters. The summed E-state index contributed by atoms with van der Waals surface area (Å²) in [5, 5.41) is 5.45. The number of benzene rings is 2. The quantitative estimate of drug-likeness (QED) is 0.528. The Labute approximate surface area is 167 Å². The molecular formula is C24H28N2O2. The summed E-state index contributed by atoms with van der Waals surface area (Å²) in [6.07, 6.45) is 4.97. The first-order valence-electron chi connectivity index (χ1n) is 9.35. The minimum atomic E-state index is -0.678.